The lowest BCUT2D eigenvalue weighted by Crippen LogP contribution is -2.58. The third kappa shape index (κ3) is 4.51. The molecule has 34 heavy (non-hydrogen) atoms. The summed E-state index contributed by atoms with van der Waals surface area (Å²) in [7, 11) is 1.65. The summed E-state index contributed by atoms with van der Waals surface area (Å²) in [4.78, 5) is 25.8. The van der Waals surface area contributed by atoms with Crippen molar-refractivity contribution in [2.75, 3.05) is 18.0 Å². The van der Waals surface area contributed by atoms with Crippen molar-refractivity contribution in [3.05, 3.63) is 63.2 Å². The molecule has 0 radical (unpaired) electrons. The van der Waals surface area contributed by atoms with Gasteiger partial charge in [0, 0.05) is 38.3 Å². The monoisotopic (exact) mass is 493 g/mol. The van der Waals surface area contributed by atoms with E-state index in [1.54, 1.807) is 31.3 Å². The molecule has 3 heterocycles. The largest absolute Gasteiger partial charge is 0.416 e. The minimum Gasteiger partial charge on any atom is -0.349 e. The first-order valence-corrected chi connectivity index (χ1v) is 11.6. The molecule has 1 saturated heterocycles. The van der Waals surface area contributed by atoms with Crippen molar-refractivity contribution in [1.82, 2.24) is 19.4 Å². The lowest BCUT2D eigenvalue weighted by Gasteiger charge is -2.48. The second-order valence-electron chi connectivity index (χ2n) is 8.83. The molecular formula is C24H27ClF3N5O. The van der Waals surface area contributed by atoms with Crippen LogP contribution in [0, 0.1) is 0 Å². The first-order chi connectivity index (χ1) is 16.0. The Labute approximate surface area is 201 Å². The molecule has 182 valence electrons. The highest BCUT2D eigenvalue weighted by Gasteiger charge is 2.36. The molecule has 0 N–H and O–H groups in total. The molecule has 6 nitrogen and oxygen atoms in total. The fourth-order valence-corrected chi connectivity index (χ4v) is 4.87. The predicted octanol–water partition coefficient (Wildman–Crippen LogP) is 5.05. The van der Waals surface area contributed by atoms with Crippen LogP contribution in [0.1, 0.15) is 44.4 Å². The number of aryl methyl sites for hydroxylation is 1. The summed E-state index contributed by atoms with van der Waals surface area (Å²) in [5, 5.41) is 0.323. The third-order valence-electron chi connectivity index (χ3n) is 6.75. The molecule has 2 aromatic heterocycles. The van der Waals surface area contributed by atoms with Gasteiger partial charge < -0.3 is 4.90 Å². The summed E-state index contributed by atoms with van der Waals surface area (Å²) in [5.41, 5.74) is 1.04. The highest BCUT2D eigenvalue weighted by molar-refractivity contribution is 6.29. The number of anilines is 1. The Balaban J connectivity index is 1.65. The summed E-state index contributed by atoms with van der Waals surface area (Å²) >= 11 is 6.16. The molecule has 0 amide bonds. The minimum atomic E-state index is -4.35. The topological polar surface area (TPSA) is 54.3 Å². The molecule has 1 fully saturated rings. The smallest absolute Gasteiger partial charge is 0.349 e. The van der Waals surface area contributed by atoms with Crippen LogP contribution in [-0.4, -0.2) is 44.6 Å². The molecule has 1 aliphatic heterocycles. The number of benzene rings is 1. The fraction of sp³-hybridized carbons (Fsp3) is 0.458. The molecule has 0 spiro atoms. The van der Waals surface area contributed by atoms with Gasteiger partial charge in [0.05, 0.1) is 11.1 Å². The maximum atomic E-state index is 13.0. The van der Waals surface area contributed by atoms with E-state index in [1.807, 2.05) is 13.8 Å². The predicted molar refractivity (Wildman–Crippen MR) is 127 cm³/mol. The Hall–Kier alpha value is -2.65. The number of hydrogen-bond donors (Lipinski definition) is 0. The average Bonchev–Trinajstić information content (AvgIpc) is 2.80. The Morgan fingerprint density at radius 1 is 1.12 bits per heavy atom. The van der Waals surface area contributed by atoms with E-state index in [4.69, 9.17) is 11.6 Å². The van der Waals surface area contributed by atoms with Crippen LogP contribution >= 0.6 is 11.6 Å². The first kappa shape index (κ1) is 24.5. The van der Waals surface area contributed by atoms with E-state index >= 15 is 0 Å². The molecule has 4 rings (SSSR count). The van der Waals surface area contributed by atoms with Crippen molar-refractivity contribution in [2.45, 2.75) is 51.5 Å². The molecule has 10 heteroatoms. The molecule has 1 unspecified atom stereocenters. The number of hydrogen-bond acceptors (Lipinski definition) is 5. The highest BCUT2D eigenvalue weighted by atomic mass is 35.5. The Morgan fingerprint density at radius 2 is 1.79 bits per heavy atom. The molecule has 0 saturated carbocycles. The number of rotatable bonds is 4. The number of alkyl halides is 3. The van der Waals surface area contributed by atoms with Crippen LogP contribution in [0.3, 0.4) is 0 Å². The number of aromatic nitrogens is 3. The zero-order valence-electron chi connectivity index (χ0n) is 19.5. The molecule has 3 atom stereocenters. The van der Waals surface area contributed by atoms with Crippen molar-refractivity contribution in [1.29, 1.82) is 0 Å². The van der Waals surface area contributed by atoms with Crippen LogP contribution in [-0.2, 0) is 13.2 Å². The lowest BCUT2D eigenvalue weighted by molar-refractivity contribution is -0.137. The summed E-state index contributed by atoms with van der Waals surface area (Å²) in [6, 6.07) is 8.82. The fourth-order valence-electron chi connectivity index (χ4n) is 4.72. The van der Waals surface area contributed by atoms with E-state index in [0.717, 1.165) is 24.1 Å². The summed E-state index contributed by atoms with van der Waals surface area (Å²) in [5.74, 6) is 0.508. The zero-order chi connectivity index (χ0) is 24.8. The van der Waals surface area contributed by atoms with Gasteiger partial charge in [-0.15, -0.1) is 0 Å². The van der Waals surface area contributed by atoms with Gasteiger partial charge >= 0.3 is 11.9 Å². The van der Waals surface area contributed by atoms with E-state index in [1.165, 1.54) is 4.57 Å². The Bertz CT molecular complexity index is 1240. The molecular weight excluding hydrogens is 467 g/mol. The maximum Gasteiger partial charge on any atom is 0.416 e. The van der Waals surface area contributed by atoms with Crippen molar-refractivity contribution >= 4 is 28.5 Å². The van der Waals surface area contributed by atoms with Gasteiger partial charge in [0.2, 0.25) is 0 Å². The second-order valence-corrected chi connectivity index (χ2v) is 9.22. The van der Waals surface area contributed by atoms with Gasteiger partial charge in [-0.2, -0.15) is 18.2 Å². The van der Waals surface area contributed by atoms with Crippen LogP contribution in [0.25, 0.3) is 11.0 Å². The minimum absolute atomic E-state index is 0.0108. The van der Waals surface area contributed by atoms with Crippen LogP contribution in [0.2, 0.25) is 5.15 Å². The quantitative estimate of drug-likeness (QED) is 0.476. The van der Waals surface area contributed by atoms with Crippen LogP contribution in [0.4, 0.5) is 19.0 Å². The van der Waals surface area contributed by atoms with Gasteiger partial charge in [-0.1, -0.05) is 30.7 Å². The van der Waals surface area contributed by atoms with E-state index < -0.39 is 11.7 Å². The SMILES string of the molecule is CC[C@@H]1CN(c2nc(=O)n(C)c3ccc(Cl)nc23)[C@@H](C)CN1C(C)c1ccc(C(F)(F)F)cc1. The standard InChI is InChI=1S/C24H27ClF3N5O/c1-5-18-13-32(22-21-19(10-11-20(25)29-21)31(4)23(34)30-22)14(2)12-33(18)15(3)16-6-8-17(9-7-16)24(26,27)28/h6-11,14-15,18H,5,12-13H2,1-4H3/t14-,15?,18+/m0/s1. The molecule has 1 aliphatic rings. The van der Waals surface area contributed by atoms with E-state index in [2.05, 4.69) is 26.7 Å². The number of fused-ring (bicyclic) bond motifs is 1. The molecule has 3 aromatic rings. The summed E-state index contributed by atoms with van der Waals surface area (Å²) in [6.07, 6.45) is -3.53. The Morgan fingerprint density at radius 3 is 2.41 bits per heavy atom. The normalized spacial score (nSPS) is 20.6. The third-order valence-corrected chi connectivity index (χ3v) is 6.96. The number of nitrogens with zero attached hydrogens (tertiary/aromatic N) is 5. The van der Waals surface area contributed by atoms with E-state index in [0.29, 0.717) is 35.1 Å². The van der Waals surface area contributed by atoms with Crippen LogP contribution in [0.5, 0.6) is 0 Å². The summed E-state index contributed by atoms with van der Waals surface area (Å²) < 4.78 is 40.4. The van der Waals surface area contributed by atoms with E-state index in [-0.39, 0.29) is 23.8 Å². The zero-order valence-corrected chi connectivity index (χ0v) is 20.2. The number of halogens is 4. The van der Waals surface area contributed by atoms with Gasteiger partial charge in [0.25, 0.3) is 0 Å². The second kappa shape index (κ2) is 9.19. The van der Waals surface area contributed by atoms with Crippen molar-refractivity contribution < 1.29 is 13.2 Å². The number of pyridine rings is 1. The lowest BCUT2D eigenvalue weighted by atomic mass is 9.98. The van der Waals surface area contributed by atoms with Gasteiger partial charge in [0.15, 0.2) is 5.82 Å². The van der Waals surface area contributed by atoms with E-state index in [9.17, 15) is 18.0 Å². The molecule has 0 bridgehead atoms. The molecule has 1 aromatic carbocycles. The van der Waals surface area contributed by atoms with Crippen molar-refractivity contribution in [3.63, 3.8) is 0 Å². The van der Waals surface area contributed by atoms with Crippen molar-refractivity contribution in [2.24, 2.45) is 7.05 Å². The van der Waals surface area contributed by atoms with Gasteiger partial charge in [0.1, 0.15) is 10.7 Å². The number of piperazine rings is 1. The maximum absolute atomic E-state index is 13.0. The summed E-state index contributed by atoms with van der Waals surface area (Å²) in [6.45, 7) is 7.40. The Kier molecular flexibility index (Phi) is 6.61. The van der Waals surface area contributed by atoms with Crippen molar-refractivity contribution in [3.8, 4) is 0 Å². The van der Waals surface area contributed by atoms with Gasteiger partial charge in [-0.05, 0) is 50.1 Å². The first-order valence-electron chi connectivity index (χ1n) is 11.2. The highest BCUT2D eigenvalue weighted by Crippen LogP contribution is 2.34. The van der Waals surface area contributed by atoms with Gasteiger partial charge in [-0.25, -0.2) is 9.78 Å². The molecule has 0 aliphatic carbocycles. The van der Waals surface area contributed by atoms with Crippen LogP contribution in [0.15, 0.2) is 41.2 Å². The van der Waals surface area contributed by atoms with Gasteiger partial charge in [-0.3, -0.25) is 9.47 Å². The average molecular weight is 494 g/mol. The van der Waals surface area contributed by atoms with Crippen LogP contribution < -0.4 is 10.6 Å².